The number of ether oxygens (including phenoxy) is 1. The number of benzene rings is 1. The SMILES string of the molecule is CCCNC(c1csc(I)c1)c1cc(Br)ccc1OC. The van der Waals surface area contributed by atoms with Crippen molar-refractivity contribution >= 4 is 49.9 Å². The minimum atomic E-state index is 0.169. The molecular weight excluding hydrogens is 449 g/mol. The fourth-order valence-electron chi connectivity index (χ4n) is 2.10. The van der Waals surface area contributed by atoms with Gasteiger partial charge in [-0.2, -0.15) is 0 Å². The summed E-state index contributed by atoms with van der Waals surface area (Å²) in [6, 6.07) is 8.56. The molecule has 1 heterocycles. The van der Waals surface area contributed by atoms with Crippen LogP contribution in [0.5, 0.6) is 5.75 Å². The van der Waals surface area contributed by atoms with Crippen molar-refractivity contribution in [1.29, 1.82) is 0 Å². The van der Waals surface area contributed by atoms with E-state index in [-0.39, 0.29) is 6.04 Å². The second-order valence-corrected chi connectivity index (χ2v) is 8.18. The van der Waals surface area contributed by atoms with Crippen LogP contribution < -0.4 is 10.1 Å². The number of methoxy groups -OCH3 is 1. The Labute approximate surface area is 146 Å². The van der Waals surface area contributed by atoms with Crippen LogP contribution >= 0.6 is 49.9 Å². The molecule has 0 saturated carbocycles. The van der Waals surface area contributed by atoms with Gasteiger partial charge in [0.05, 0.1) is 16.0 Å². The van der Waals surface area contributed by atoms with Gasteiger partial charge >= 0.3 is 0 Å². The molecule has 0 fully saturated rings. The standard InChI is InChI=1S/C15H17BrINOS/c1-3-6-18-15(10-7-14(17)20-9-10)12-8-11(16)4-5-13(12)19-2/h4-5,7-9,15,18H,3,6H2,1-2H3. The maximum atomic E-state index is 5.53. The van der Waals surface area contributed by atoms with Gasteiger partial charge in [-0.05, 0) is 70.8 Å². The second kappa shape index (κ2) is 7.77. The molecule has 1 atom stereocenters. The summed E-state index contributed by atoms with van der Waals surface area (Å²) in [6.07, 6.45) is 1.11. The van der Waals surface area contributed by atoms with E-state index < -0.39 is 0 Å². The molecule has 2 rings (SSSR count). The smallest absolute Gasteiger partial charge is 0.124 e. The minimum Gasteiger partial charge on any atom is -0.496 e. The maximum Gasteiger partial charge on any atom is 0.124 e. The molecular formula is C15H17BrINOS. The van der Waals surface area contributed by atoms with Crippen LogP contribution in [0.3, 0.4) is 0 Å². The lowest BCUT2D eigenvalue weighted by Gasteiger charge is -2.21. The van der Waals surface area contributed by atoms with Crippen molar-refractivity contribution in [2.75, 3.05) is 13.7 Å². The summed E-state index contributed by atoms with van der Waals surface area (Å²) >= 11 is 7.70. The van der Waals surface area contributed by atoms with Crippen LogP contribution in [0.25, 0.3) is 0 Å². The largest absolute Gasteiger partial charge is 0.496 e. The highest BCUT2D eigenvalue weighted by molar-refractivity contribution is 14.1. The topological polar surface area (TPSA) is 21.3 Å². The second-order valence-electron chi connectivity index (χ2n) is 4.46. The third-order valence-electron chi connectivity index (χ3n) is 3.02. The quantitative estimate of drug-likeness (QED) is 0.591. The molecule has 1 aromatic heterocycles. The molecule has 0 aliphatic carbocycles. The number of rotatable bonds is 6. The highest BCUT2D eigenvalue weighted by Gasteiger charge is 2.19. The molecule has 20 heavy (non-hydrogen) atoms. The Bertz CT molecular complexity index is 573. The van der Waals surface area contributed by atoms with Crippen molar-refractivity contribution in [3.05, 3.63) is 48.1 Å². The summed E-state index contributed by atoms with van der Waals surface area (Å²) in [5, 5.41) is 5.84. The summed E-state index contributed by atoms with van der Waals surface area (Å²) in [4.78, 5) is 0. The van der Waals surface area contributed by atoms with Crippen LogP contribution in [0.4, 0.5) is 0 Å². The summed E-state index contributed by atoms with van der Waals surface area (Å²) in [6.45, 7) is 3.16. The zero-order chi connectivity index (χ0) is 14.5. The van der Waals surface area contributed by atoms with Crippen LogP contribution in [0.2, 0.25) is 0 Å². The van der Waals surface area contributed by atoms with Gasteiger partial charge in [-0.25, -0.2) is 0 Å². The van der Waals surface area contributed by atoms with E-state index in [4.69, 9.17) is 4.74 Å². The van der Waals surface area contributed by atoms with Crippen molar-refractivity contribution in [1.82, 2.24) is 5.32 Å². The Morgan fingerprint density at radius 2 is 2.20 bits per heavy atom. The monoisotopic (exact) mass is 465 g/mol. The van der Waals surface area contributed by atoms with Crippen LogP contribution in [0.15, 0.2) is 34.1 Å². The van der Waals surface area contributed by atoms with Gasteiger partial charge in [-0.1, -0.05) is 22.9 Å². The van der Waals surface area contributed by atoms with E-state index in [2.05, 4.69) is 68.3 Å². The highest BCUT2D eigenvalue weighted by atomic mass is 127. The molecule has 0 amide bonds. The van der Waals surface area contributed by atoms with Crippen molar-refractivity contribution in [3.63, 3.8) is 0 Å². The number of hydrogen-bond donors (Lipinski definition) is 1. The molecule has 0 spiro atoms. The van der Waals surface area contributed by atoms with E-state index in [1.165, 1.54) is 14.0 Å². The Morgan fingerprint density at radius 3 is 2.80 bits per heavy atom. The van der Waals surface area contributed by atoms with Gasteiger partial charge in [-0.15, -0.1) is 11.3 Å². The lowest BCUT2D eigenvalue weighted by Crippen LogP contribution is -2.23. The zero-order valence-electron chi connectivity index (χ0n) is 11.5. The first kappa shape index (κ1) is 16.3. The first-order valence-electron chi connectivity index (χ1n) is 6.46. The van der Waals surface area contributed by atoms with Crippen LogP contribution in [0.1, 0.15) is 30.5 Å². The normalized spacial score (nSPS) is 12.4. The third kappa shape index (κ3) is 3.96. The van der Waals surface area contributed by atoms with Crippen LogP contribution in [-0.4, -0.2) is 13.7 Å². The summed E-state index contributed by atoms with van der Waals surface area (Å²) in [5.74, 6) is 0.919. The Morgan fingerprint density at radius 1 is 1.40 bits per heavy atom. The lowest BCUT2D eigenvalue weighted by molar-refractivity contribution is 0.403. The minimum absolute atomic E-state index is 0.169. The summed E-state index contributed by atoms with van der Waals surface area (Å²) in [5.41, 5.74) is 2.47. The molecule has 0 aliphatic rings. The number of halogens is 2. The van der Waals surface area contributed by atoms with E-state index in [1.807, 2.05) is 12.1 Å². The predicted octanol–water partition coefficient (Wildman–Crippen LogP) is 5.21. The van der Waals surface area contributed by atoms with Crippen molar-refractivity contribution < 1.29 is 4.74 Å². The fraction of sp³-hybridized carbons (Fsp3) is 0.333. The molecule has 1 N–H and O–H groups in total. The third-order valence-corrected chi connectivity index (χ3v) is 5.32. The van der Waals surface area contributed by atoms with Crippen molar-refractivity contribution in [2.24, 2.45) is 0 Å². The lowest BCUT2D eigenvalue weighted by atomic mass is 10.00. The molecule has 0 bridgehead atoms. The number of nitrogens with one attached hydrogen (secondary N) is 1. The molecule has 1 aromatic carbocycles. The van der Waals surface area contributed by atoms with E-state index >= 15 is 0 Å². The summed E-state index contributed by atoms with van der Waals surface area (Å²) < 4.78 is 7.90. The molecule has 108 valence electrons. The van der Waals surface area contributed by atoms with Crippen molar-refractivity contribution in [3.8, 4) is 5.75 Å². The van der Waals surface area contributed by atoms with E-state index in [0.29, 0.717) is 0 Å². The molecule has 0 aliphatic heterocycles. The van der Waals surface area contributed by atoms with Gasteiger partial charge in [0.15, 0.2) is 0 Å². The first-order valence-corrected chi connectivity index (χ1v) is 9.21. The van der Waals surface area contributed by atoms with E-state index in [0.717, 1.165) is 23.2 Å². The van der Waals surface area contributed by atoms with Gasteiger partial charge in [-0.3, -0.25) is 0 Å². The first-order chi connectivity index (χ1) is 9.65. The predicted molar refractivity (Wildman–Crippen MR) is 97.9 cm³/mol. The van der Waals surface area contributed by atoms with Gasteiger partial charge in [0.1, 0.15) is 5.75 Å². The van der Waals surface area contributed by atoms with E-state index in [9.17, 15) is 0 Å². The summed E-state index contributed by atoms with van der Waals surface area (Å²) in [7, 11) is 1.72. The molecule has 2 nitrogen and oxygen atoms in total. The average Bonchev–Trinajstić information content (AvgIpc) is 2.86. The molecule has 0 saturated heterocycles. The van der Waals surface area contributed by atoms with Gasteiger partial charge in [0, 0.05) is 10.0 Å². The highest BCUT2D eigenvalue weighted by Crippen LogP contribution is 2.34. The number of hydrogen-bond acceptors (Lipinski definition) is 3. The molecule has 5 heteroatoms. The van der Waals surface area contributed by atoms with Crippen LogP contribution in [-0.2, 0) is 0 Å². The zero-order valence-corrected chi connectivity index (χ0v) is 16.0. The Hall–Kier alpha value is -0.110. The average molecular weight is 466 g/mol. The molecule has 2 aromatic rings. The molecule has 0 radical (unpaired) electrons. The Balaban J connectivity index is 2.42. The maximum absolute atomic E-state index is 5.53. The van der Waals surface area contributed by atoms with Crippen LogP contribution in [0, 0.1) is 2.88 Å². The van der Waals surface area contributed by atoms with Gasteiger partial charge < -0.3 is 10.1 Å². The number of thiophene rings is 1. The van der Waals surface area contributed by atoms with Gasteiger partial charge in [0.25, 0.3) is 0 Å². The van der Waals surface area contributed by atoms with Gasteiger partial charge in [0.2, 0.25) is 0 Å². The Kier molecular flexibility index (Phi) is 6.32. The van der Waals surface area contributed by atoms with E-state index in [1.54, 1.807) is 18.4 Å². The fourth-order valence-corrected chi connectivity index (χ4v) is 3.88. The van der Waals surface area contributed by atoms with Crippen molar-refractivity contribution in [2.45, 2.75) is 19.4 Å². The molecule has 1 unspecified atom stereocenters.